The molecule has 1 saturated heterocycles. The number of hydrogen-bond donors (Lipinski definition) is 1. The quantitative estimate of drug-likeness (QED) is 0.281. The first kappa shape index (κ1) is 29.4. The van der Waals surface area contributed by atoms with Gasteiger partial charge in [-0.15, -0.1) is 0 Å². The van der Waals surface area contributed by atoms with Gasteiger partial charge in [0, 0.05) is 5.41 Å². The Balaban J connectivity index is 1.26. The lowest BCUT2D eigenvalue weighted by Crippen LogP contribution is -2.42. The van der Waals surface area contributed by atoms with Crippen LogP contribution in [0.5, 0.6) is 0 Å². The number of likely N-dealkylation sites (tertiary alicyclic amines) is 1. The van der Waals surface area contributed by atoms with Crippen molar-refractivity contribution >= 4 is 23.3 Å². The van der Waals surface area contributed by atoms with Gasteiger partial charge in [-0.25, -0.2) is 0 Å². The molecule has 2 atom stereocenters. The van der Waals surface area contributed by atoms with Gasteiger partial charge in [-0.2, -0.15) is 37.7 Å². The SMILES string of the molecule is CC(NC(=O)[C@@H](CCN1CCC2(C=Cc3ccccc32)CC1)c1ccsc1)c1cc(C(F)(F)F)cc(C(F)(F)F)c1. The van der Waals surface area contributed by atoms with Gasteiger partial charge in [0.1, 0.15) is 0 Å². The zero-order chi connectivity index (χ0) is 29.4. The molecular formula is C31H30F6N2OS. The van der Waals surface area contributed by atoms with Crippen LogP contribution in [0.2, 0.25) is 0 Å². The van der Waals surface area contributed by atoms with Crippen LogP contribution in [-0.4, -0.2) is 30.4 Å². The van der Waals surface area contributed by atoms with E-state index in [0.717, 1.165) is 31.5 Å². The Labute approximate surface area is 238 Å². The Morgan fingerprint density at radius 1 is 0.976 bits per heavy atom. The first-order valence-electron chi connectivity index (χ1n) is 13.5. The summed E-state index contributed by atoms with van der Waals surface area (Å²) in [4.78, 5) is 15.7. The van der Waals surface area contributed by atoms with Crippen LogP contribution < -0.4 is 5.32 Å². The molecule has 0 bridgehead atoms. The number of allylic oxidation sites excluding steroid dienone is 1. The smallest absolute Gasteiger partial charge is 0.349 e. The first-order valence-corrected chi connectivity index (χ1v) is 14.4. The van der Waals surface area contributed by atoms with E-state index in [-0.39, 0.29) is 17.0 Å². The summed E-state index contributed by atoms with van der Waals surface area (Å²) >= 11 is 1.43. The minimum absolute atomic E-state index is 0.0346. The number of hydrogen-bond acceptors (Lipinski definition) is 3. The van der Waals surface area contributed by atoms with Gasteiger partial charge in [-0.1, -0.05) is 36.4 Å². The van der Waals surface area contributed by atoms with Gasteiger partial charge in [0.05, 0.1) is 23.1 Å². The number of fused-ring (bicyclic) bond motifs is 2. The Morgan fingerprint density at radius 2 is 1.63 bits per heavy atom. The maximum absolute atomic E-state index is 13.4. The Hall–Kier alpha value is -3.11. The van der Waals surface area contributed by atoms with Crippen LogP contribution in [0.1, 0.15) is 71.5 Å². The Bertz CT molecular complexity index is 1370. The second-order valence-electron chi connectivity index (χ2n) is 10.9. The lowest BCUT2D eigenvalue weighted by Gasteiger charge is -2.39. The van der Waals surface area contributed by atoms with E-state index < -0.39 is 41.3 Å². The van der Waals surface area contributed by atoms with Gasteiger partial charge < -0.3 is 10.2 Å². The van der Waals surface area contributed by atoms with Gasteiger partial charge >= 0.3 is 12.4 Å². The van der Waals surface area contributed by atoms with Gasteiger partial charge in [0.15, 0.2) is 0 Å². The monoisotopic (exact) mass is 592 g/mol. The van der Waals surface area contributed by atoms with Crippen LogP contribution in [0.25, 0.3) is 6.08 Å². The van der Waals surface area contributed by atoms with Crippen molar-refractivity contribution in [2.75, 3.05) is 19.6 Å². The third-order valence-corrected chi connectivity index (χ3v) is 8.99. The van der Waals surface area contributed by atoms with Gasteiger partial charge in [0.2, 0.25) is 5.91 Å². The van der Waals surface area contributed by atoms with E-state index in [4.69, 9.17) is 0 Å². The molecule has 2 heterocycles. The normalized spacial score (nSPS) is 18.3. The second kappa shape index (κ2) is 11.3. The molecule has 3 aromatic rings. The summed E-state index contributed by atoms with van der Waals surface area (Å²) in [6, 6.07) is 10.6. The maximum atomic E-state index is 13.4. The summed E-state index contributed by atoms with van der Waals surface area (Å²) in [5.74, 6) is -1.01. The number of carbonyl (C=O) groups excluding carboxylic acids is 1. The molecule has 1 aliphatic carbocycles. The summed E-state index contributed by atoms with van der Waals surface area (Å²) in [5.41, 5.74) is 0.365. The lowest BCUT2D eigenvalue weighted by atomic mass is 9.74. The number of piperidine rings is 1. The molecule has 2 aromatic carbocycles. The van der Waals surface area contributed by atoms with E-state index in [1.807, 2.05) is 22.9 Å². The highest BCUT2D eigenvalue weighted by atomic mass is 32.1. The standard InChI is InChI=1S/C31H30F6N2OS/c1-20(23-16-24(30(32,33)34)18-25(17-23)31(35,36)37)38-28(40)26(22-8-15-41-19-22)7-12-39-13-10-29(11-14-39)9-6-21-4-2-3-5-27(21)29/h2-6,8-9,15-20,26H,7,10-14H2,1H3,(H,38,40)/t20?,26-/m0/s1. The average molecular weight is 593 g/mol. The number of alkyl halides is 6. The molecule has 0 radical (unpaired) electrons. The summed E-state index contributed by atoms with van der Waals surface area (Å²) in [5, 5.41) is 6.38. The minimum atomic E-state index is -4.96. The zero-order valence-electron chi connectivity index (χ0n) is 22.4. The minimum Gasteiger partial charge on any atom is -0.349 e. The lowest BCUT2D eigenvalue weighted by molar-refractivity contribution is -0.143. The van der Waals surface area contributed by atoms with Gasteiger partial charge in [0.25, 0.3) is 0 Å². The fraction of sp³-hybridized carbons (Fsp3) is 0.387. The molecule has 1 aliphatic heterocycles. The molecule has 1 aromatic heterocycles. The molecule has 1 fully saturated rings. The first-order chi connectivity index (χ1) is 19.4. The molecule has 5 rings (SSSR count). The number of rotatable bonds is 7. The molecule has 41 heavy (non-hydrogen) atoms. The number of nitrogens with zero attached hydrogens (tertiary/aromatic N) is 1. The molecule has 2 aliphatic rings. The number of amides is 1. The van der Waals surface area contributed by atoms with E-state index in [0.29, 0.717) is 25.1 Å². The van der Waals surface area contributed by atoms with E-state index in [2.05, 4.69) is 40.6 Å². The van der Waals surface area contributed by atoms with Crippen LogP contribution in [0, 0.1) is 0 Å². The Kier molecular flexibility index (Phi) is 8.09. The predicted molar refractivity (Wildman–Crippen MR) is 148 cm³/mol. The van der Waals surface area contributed by atoms with Crippen molar-refractivity contribution in [1.82, 2.24) is 10.2 Å². The van der Waals surface area contributed by atoms with Crippen molar-refractivity contribution in [3.8, 4) is 0 Å². The fourth-order valence-corrected chi connectivity index (χ4v) is 6.62. The molecule has 1 N–H and O–H groups in total. The number of benzene rings is 2. The molecule has 10 heteroatoms. The molecule has 0 saturated carbocycles. The summed E-state index contributed by atoms with van der Waals surface area (Å²) in [6.07, 6.45) is -3.02. The van der Waals surface area contributed by atoms with Crippen molar-refractivity contribution in [2.45, 2.75) is 55.9 Å². The zero-order valence-corrected chi connectivity index (χ0v) is 23.2. The van der Waals surface area contributed by atoms with Crippen molar-refractivity contribution in [3.05, 3.63) is 98.7 Å². The summed E-state index contributed by atoms with van der Waals surface area (Å²) in [7, 11) is 0. The highest BCUT2D eigenvalue weighted by Crippen LogP contribution is 2.44. The molecule has 218 valence electrons. The van der Waals surface area contributed by atoms with Crippen molar-refractivity contribution in [1.29, 1.82) is 0 Å². The van der Waals surface area contributed by atoms with Gasteiger partial charge in [-0.05, 0) is 103 Å². The van der Waals surface area contributed by atoms with Crippen molar-refractivity contribution in [2.24, 2.45) is 0 Å². The topological polar surface area (TPSA) is 32.3 Å². The number of thiophene rings is 1. The highest BCUT2D eigenvalue weighted by Gasteiger charge is 2.39. The van der Waals surface area contributed by atoms with Crippen LogP contribution in [0.3, 0.4) is 0 Å². The van der Waals surface area contributed by atoms with E-state index >= 15 is 0 Å². The Morgan fingerprint density at radius 3 is 2.24 bits per heavy atom. The van der Waals surface area contributed by atoms with Crippen molar-refractivity contribution in [3.63, 3.8) is 0 Å². The van der Waals surface area contributed by atoms with Crippen molar-refractivity contribution < 1.29 is 31.1 Å². The van der Waals surface area contributed by atoms with Crippen LogP contribution in [0.4, 0.5) is 26.3 Å². The van der Waals surface area contributed by atoms with Crippen LogP contribution >= 0.6 is 11.3 Å². The molecule has 1 unspecified atom stereocenters. The number of carbonyl (C=O) groups is 1. The second-order valence-corrected chi connectivity index (χ2v) is 11.7. The van der Waals surface area contributed by atoms with E-state index in [1.165, 1.54) is 29.4 Å². The van der Waals surface area contributed by atoms with Crippen LogP contribution in [0.15, 0.2) is 65.4 Å². The molecule has 1 spiro atoms. The molecule has 3 nitrogen and oxygen atoms in total. The molecule has 1 amide bonds. The maximum Gasteiger partial charge on any atom is 0.416 e. The third kappa shape index (κ3) is 6.38. The summed E-state index contributed by atoms with van der Waals surface area (Å²) < 4.78 is 80.2. The van der Waals surface area contributed by atoms with E-state index in [1.54, 1.807) is 0 Å². The number of halogens is 6. The molecular weight excluding hydrogens is 562 g/mol. The van der Waals surface area contributed by atoms with E-state index in [9.17, 15) is 31.1 Å². The predicted octanol–water partition coefficient (Wildman–Crippen LogP) is 8.20. The largest absolute Gasteiger partial charge is 0.416 e. The van der Waals surface area contributed by atoms with Crippen LogP contribution in [-0.2, 0) is 22.6 Å². The average Bonchev–Trinajstić information content (AvgIpc) is 3.58. The number of nitrogens with one attached hydrogen (secondary N) is 1. The fourth-order valence-electron chi connectivity index (χ4n) is 5.91. The van der Waals surface area contributed by atoms with Gasteiger partial charge in [-0.3, -0.25) is 4.79 Å². The third-order valence-electron chi connectivity index (χ3n) is 8.29. The highest BCUT2D eigenvalue weighted by molar-refractivity contribution is 7.08. The summed E-state index contributed by atoms with van der Waals surface area (Å²) in [6.45, 7) is 3.76.